The maximum atomic E-state index is 13.4. The van der Waals surface area contributed by atoms with E-state index >= 15 is 0 Å². The van der Waals surface area contributed by atoms with Gasteiger partial charge < -0.3 is 0 Å². The molecule has 0 N–H and O–H groups in total. The van der Waals surface area contributed by atoms with Crippen LogP contribution in [0.1, 0.15) is 0 Å². The molecule has 0 saturated heterocycles. The smallest absolute Gasteiger partial charge is 0.209 e. The van der Waals surface area contributed by atoms with Crippen LogP contribution in [0.2, 0.25) is 0 Å². The van der Waals surface area contributed by atoms with E-state index in [1.54, 1.807) is 42.6 Å². The van der Waals surface area contributed by atoms with E-state index in [0.29, 0.717) is 34.0 Å². The van der Waals surface area contributed by atoms with E-state index in [0.717, 1.165) is 5.56 Å². The number of hydrogen-bond acceptors (Lipinski definition) is 3. The Morgan fingerprint density at radius 3 is 1.53 bits per heavy atom. The fourth-order valence-electron chi connectivity index (χ4n) is 3.19. The van der Waals surface area contributed by atoms with E-state index in [2.05, 4.69) is 15.1 Å². The number of hydrogen-bond donors (Lipinski definition) is 0. The van der Waals surface area contributed by atoms with Crippen LogP contribution >= 0.6 is 0 Å². The van der Waals surface area contributed by atoms with Crippen molar-refractivity contribution in [2.75, 3.05) is 0 Å². The Balaban J connectivity index is 1.72. The van der Waals surface area contributed by atoms with Gasteiger partial charge in [-0.25, -0.2) is 27.7 Å². The van der Waals surface area contributed by atoms with Gasteiger partial charge in [0.15, 0.2) is 0 Å². The van der Waals surface area contributed by atoms with Crippen LogP contribution in [-0.4, -0.2) is 19.6 Å². The van der Waals surface area contributed by atoms with Gasteiger partial charge in [-0.15, -0.1) is 0 Å². The zero-order valence-corrected chi connectivity index (χ0v) is 15.4. The number of benzene rings is 3. The zero-order valence-electron chi connectivity index (χ0n) is 15.4. The lowest BCUT2D eigenvalue weighted by atomic mass is 10.0. The maximum absolute atomic E-state index is 13.4. The molecule has 4 nitrogen and oxygen atoms in total. The van der Waals surface area contributed by atoms with Crippen molar-refractivity contribution in [2.45, 2.75) is 0 Å². The van der Waals surface area contributed by atoms with Gasteiger partial charge in [0.1, 0.15) is 28.8 Å². The van der Waals surface area contributed by atoms with Gasteiger partial charge in [0, 0.05) is 16.7 Å². The Morgan fingerprint density at radius 2 is 1.00 bits per heavy atom. The Labute approximate surface area is 169 Å². The Kier molecular flexibility index (Phi) is 4.28. The third kappa shape index (κ3) is 3.30. The molecule has 7 heteroatoms. The minimum Gasteiger partial charge on any atom is -0.209 e. The summed E-state index contributed by atoms with van der Waals surface area (Å²) in [5, 5.41) is 4.64. The van der Waals surface area contributed by atoms with E-state index in [1.165, 1.54) is 40.9 Å². The summed E-state index contributed by atoms with van der Waals surface area (Å²) in [4.78, 5) is 9.13. The van der Waals surface area contributed by atoms with Gasteiger partial charge >= 0.3 is 0 Å². The van der Waals surface area contributed by atoms with Crippen molar-refractivity contribution in [3.63, 3.8) is 0 Å². The second-order valence-electron chi connectivity index (χ2n) is 6.70. The van der Waals surface area contributed by atoms with Crippen molar-refractivity contribution in [3.8, 4) is 33.8 Å². The normalized spacial score (nSPS) is 11.2. The summed E-state index contributed by atoms with van der Waals surface area (Å²) >= 11 is 0. The van der Waals surface area contributed by atoms with Crippen LogP contribution in [0.3, 0.4) is 0 Å². The monoisotopic (exact) mass is 402 g/mol. The highest BCUT2D eigenvalue weighted by molar-refractivity contribution is 5.78. The zero-order chi connectivity index (χ0) is 20.7. The minimum absolute atomic E-state index is 0.333. The van der Waals surface area contributed by atoms with Gasteiger partial charge in [0.25, 0.3) is 5.78 Å². The lowest BCUT2D eigenvalue weighted by molar-refractivity contribution is 0.627. The number of halogens is 3. The molecule has 0 amide bonds. The van der Waals surface area contributed by atoms with Crippen LogP contribution in [0, 0.1) is 17.5 Å². The van der Waals surface area contributed by atoms with Gasteiger partial charge in [-0.2, -0.15) is 5.10 Å². The molecule has 0 fully saturated rings. The van der Waals surface area contributed by atoms with Gasteiger partial charge in [-0.05, 0) is 72.8 Å². The molecule has 0 saturated carbocycles. The molecule has 30 heavy (non-hydrogen) atoms. The summed E-state index contributed by atoms with van der Waals surface area (Å²) in [6.45, 7) is 0. The third-order valence-electron chi connectivity index (χ3n) is 4.69. The number of aromatic nitrogens is 4. The molecular weight excluding hydrogens is 389 g/mol. The lowest BCUT2D eigenvalue weighted by Crippen LogP contribution is -2.01. The van der Waals surface area contributed by atoms with Gasteiger partial charge in [-0.3, -0.25) is 0 Å². The highest BCUT2D eigenvalue weighted by Crippen LogP contribution is 2.30. The first-order chi connectivity index (χ1) is 14.6. The number of fused-ring (bicyclic) bond motifs is 1. The predicted octanol–water partition coefficient (Wildman–Crippen LogP) is 5.54. The molecule has 0 atom stereocenters. The molecule has 0 aliphatic heterocycles. The van der Waals surface area contributed by atoms with Crippen LogP contribution in [0.15, 0.2) is 79.0 Å². The molecule has 0 unspecified atom stereocenters. The third-order valence-corrected chi connectivity index (χ3v) is 4.69. The van der Waals surface area contributed by atoms with Crippen LogP contribution in [0.25, 0.3) is 39.5 Å². The first-order valence-corrected chi connectivity index (χ1v) is 9.12. The van der Waals surface area contributed by atoms with E-state index in [9.17, 15) is 13.2 Å². The minimum atomic E-state index is -0.365. The highest BCUT2D eigenvalue weighted by Gasteiger charge is 2.16. The van der Waals surface area contributed by atoms with E-state index < -0.39 is 0 Å². The number of rotatable bonds is 3. The summed E-state index contributed by atoms with van der Waals surface area (Å²) in [6, 6.07) is 17.7. The number of nitrogens with zero attached hydrogens (tertiary/aromatic N) is 4. The fourth-order valence-corrected chi connectivity index (χ4v) is 3.19. The maximum Gasteiger partial charge on any atom is 0.251 e. The average molecular weight is 402 g/mol. The molecule has 2 aromatic heterocycles. The van der Waals surface area contributed by atoms with E-state index in [-0.39, 0.29) is 17.5 Å². The molecule has 5 aromatic rings. The lowest BCUT2D eigenvalue weighted by Gasteiger charge is -2.09. The molecule has 146 valence electrons. The highest BCUT2D eigenvalue weighted by atomic mass is 19.1. The Morgan fingerprint density at radius 1 is 0.533 bits per heavy atom. The SMILES string of the molecule is Fc1ccc(-c2cn3nc(-c4ccc(F)cc4)c(-c4ccc(F)cc4)nc3n2)cc1. The topological polar surface area (TPSA) is 43.1 Å². The van der Waals surface area contributed by atoms with Gasteiger partial charge in [0.05, 0.1) is 11.9 Å². The van der Waals surface area contributed by atoms with Crippen molar-refractivity contribution in [3.05, 3.63) is 96.4 Å². The second kappa shape index (κ2) is 7.11. The van der Waals surface area contributed by atoms with Crippen molar-refractivity contribution < 1.29 is 13.2 Å². The second-order valence-corrected chi connectivity index (χ2v) is 6.70. The molecule has 0 aliphatic carbocycles. The molecule has 0 aliphatic rings. The Bertz CT molecular complexity index is 1260. The molecule has 5 rings (SSSR count). The van der Waals surface area contributed by atoms with Crippen molar-refractivity contribution >= 4 is 5.78 Å². The van der Waals surface area contributed by atoms with Crippen molar-refractivity contribution in [1.29, 1.82) is 0 Å². The van der Waals surface area contributed by atoms with Gasteiger partial charge in [0.2, 0.25) is 0 Å². The number of imidazole rings is 1. The summed E-state index contributed by atoms with van der Waals surface area (Å²) in [5.41, 5.74) is 3.59. The van der Waals surface area contributed by atoms with E-state index in [1.807, 2.05) is 0 Å². The molecule has 0 radical (unpaired) electrons. The molecule has 0 bridgehead atoms. The molecular formula is C23H13F3N4. The van der Waals surface area contributed by atoms with Crippen LogP contribution in [0.4, 0.5) is 13.2 Å². The average Bonchev–Trinajstić information content (AvgIpc) is 3.17. The van der Waals surface area contributed by atoms with Crippen molar-refractivity contribution in [2.24, 2.45) is 0 Å². The summed E-state index contributed by atoms with van der Waals surface area (Å²) in [6.07, 6.45) is 1.69. The molecule has 0 spiro atoms. The van der Waals surface area contributed by atoms with Crippen molar-refractivity contribution in [1.82, 2.24) is 19.6 Å². The molecule has 2 heterocycles. The molecule has 3 aromatic carbocycles. The first kappa shape index (κ1) is 18.1. The fraction of sp³-hybridized carbons (Fsp3) is 0. The summed E-state index contributed by atoms with van der Waals surface area (Å²) < 4.78 is 41.6. The first-order valence-electron chi connectivity index (χ1n) is 9.12. The summed E-state index contributed by atoms with van der Waals surface area (Å²) in [5.74, 6) is -0.733. The standard InChI is InChI=1S/C23H13F3N4/c24-17-7-1-14(2-8-17)20-13-30-23(27-20)28-21(15-3-9-18(25)10-4-15)22(29-30)16-5-11-19(26)12-6-16/h1-13H. The van der Waals surface area contributed by atoms with E-state index in [4.69, 9.17) is 0 Å². The van der Waals surface area contributed by atoms with Crippen LogP contribution in [-0.2, 0) is 0 Å². The van der Waals surface area contributed by atoms with Gasteiger partial charge in [-0.1, -0.05) is 0 Å². The largest absolute Gasteiger partial charge is 0.251 e. The summed E-state index contributed by atoms with van der Waals surface area (Å²) in [7, 11) is 0. The van der Waals surface area contributed by atoms with Crippen LogP contribution < -0.4 is 0 Å². The quantitative estimate of drug-likeness (QED) is 0.398. The predicted molar refractivity (Wildman–Crippen MR) is 107 cm³/mol. The van der Waals surface area contributed by atoms with Crippen LogP contribution in [0.5, 0.6) is 0 Å². The Hall–Kier alpha value is -4.00.